The topological polar surface area (TPSA) is 68.2 Å². The van der Waals surface area contributed by atoms with Gasteiger partial charge in [0.15, 0.2) is 0 Å². The smallest absolute Gasteiger partial charge is 0.316 e. The number of hydrogen-bond donors (Lipinski definition) is 2. The molecule has 0 aliphatic rings. The second-order valence-electron chi connectivity index (χ2n) is 6.97. The summed E-state index contributed by atoms with van der Waals surface area (Å²) >= 11 is 6.02. The Labute approximate surface area is 175 Å². The molecule has 1 aromatic heterocycles. The number of imidazole rings is 1. The highest BCUT2D eigenvalue weighted by Crippen LogP contribution is 2.27. The van der Waals surface area contributed by atoms with E-state index in [4.69, 9.17) is 16.3 Å². The van der Waals surface area contributed by atoms with Gasteiger partial charge in [-0.05, 0) is 37.6 Å². The quantitative estimate of drug-likeness (QED) is 0.624. The van der Waals surface area contributed by atoms with Gasteiger partial charge in [-0.2, -0.15) is 0 Å². The number of ether oxygens (including phenoxy) is 1. The fourth-order valence-corrected chi connectivity index (χ4v) is 3.37. The zero-order valence-electron chi connectivity index (χ0n) is 16.9. The summed E-state index contributed by atoms with van der Waals surface area (Å²) in [6.07, 6.45) is 3.55. The van der Waals surface area contributed by atoms with Crippen molar-refractivity contribution < 1.29 is 9.53 Å². The fraction of sp³-hybridized carbons (Fsp3) is 0.273. The number of urea groups is 1. The summed E-state index contributed by atoms with van der Waals surface area (Å²) in [4.78, 5) is 17.3. The number of amides is 2. The summed E-state index contributed by atoms with van der Waals surface area (Å²) < 4.78 is 7.32. The number of nitrogens with one attached hydrogen (secondary N) is 2. The number of halogens is 1. The maximum absolute atomic E-state index is 12.8. The monoisotopic (exact) mass is 412 g/mol. The van der Waals surface area contributed by atoms with Crippen molar-refractivity contribution >= 4 is 17.6 Å². The minimum atomic E-state index is -0.418. The number of rotatable bonds is 6. The van der Waals surface area contributed by atoms with Crippen LogP contribution in [0.4, 0.5) is 4.79 Å². The Balaban J connectivity index is 1.81. The van der Waals surface area contributed by atoms with Gasteiger partial charge < -0.3 is 19.9 Å². The molecule has 29 heavy (non-hydrogen) atoms. The molecule has 2 N–H and O–H groups in total. The summed E-state index contributed by atoms with van der Waals surface area (Å²) in [5.41, 5.74) is 2.91. The van der Waals surface area contributed by atoms with Crippen LogP contribution in [0.15, 0.2) is 54.9 Å². The summed E-state index contributed by atoms with van der Waals surface area (Å²) in [5, 5.41) is 6.67. The zero-order chi connectivity index (χ0) is 21.0. The standard InChI is InChI=1S/C22H25ClN4O2/c1-14-5-10-19(29-4)18(13-14)15(2)25-22(28)26-20(21-24-11-12-27(21)3)16-6-8-17(23)9-7-16/h5-13,15,20H,1-4H3,(H2,25,26,28)/t15-,20-/m0/s1. The maximum atomic E-state index is 12.8. The summed E-state index contributed by atoms with van der Waals surface area (Å²) in [7, 11) is 3.52. The van der Waals surface area contributed by atoms with Crippen LogP contribution in [0.2, 0.25) is 5.02 Å². The van der Waals surface area contributed by atoms with E-state index in [1.165, 1.54) is 0 Å². The van der Waals surface area contributed by atoms with Crippen LogP contribution in [0.3, 0.4) is 0 Å². The van der Waals surface area contributed by atoms with Crippen LogP contribution in [-0.4, -0.2) is 22.7 Å². The number of aryl methyl sites for hydroxylation is 2. The van der Waals surface area contributed by atoms with Crippen molar-refractivity contribution in [3.05, 3.63) is 82.4 Å². The first kappa shape index (κ1) is 20.7. The molecule has 0 fully saturated rings. The number of benzene rings is 2. The van der Waals surface area contributed by atoms with Gasteiger partial charge >= 0.3 is 6.03 Å². The highest BCUT2D eigenvalue weighted by Gasteiger charge is 2.22. The van der Waals surface area contributed by atoms with Gasteiger partial charge in [0.2, 0.25) is 0 Å². The Hall–Kier alpha value is -2.99. The molecule has 0 saturated heterocycles. The molecule has 6 nitrogen and oxygen atoms in total. The minimum absolute atomic E-state index is 0.239. The molecule has 0 unspecified atom stereocenters. The average Bonchev–Trinajstić information content (AvgIpc) is 3.12. The van der Waals surface area contributed by atoms with E-state index in [2.05, 4.69) is 15.6 Å². The molecule has 0 aliphatic heterocycles. The van der Waals surface area contributed by atoms with Crippen LogP contribution >= 0.6 is 11.6 Å². The third kappa shape index (κ3) is 4.90. The van der Waals surface area contributed by atoms with Gasteiger partial charge in [-0.1, -0.05) is 41.4 Å². The Morgan fingerprint density at radius 3 is 2.52 bits per heavy atom. The van der Waals surface area contributed by atoms with Crippen LogP contribution in [0.5, 0.6) is 5.75 Å². The van der Waals surface area contributed by atoms with Crippen LogP contribution in [0, 0.1) is 6.92 Å². The van der Waals surface area contributed by atoms with Gasteiger partial charge in [-0.25, -0.2) is 9.78 Å². The average molecular weight is 413 g/mol. The molecule has 0 saturated carbocycles. The summed E-state index contributed by atoms with van der Waals surface area (Å²) in [5.74, 6) is 1.46. The normalized spacial score (nSPS) is 12.9. The number of nitrogens with zero attached hydrogens (tertiary/aromatic N) is 2. The largest absolute Gasteiger partial charge is 0.496 e. The number of methoxy groups -OCH3 is 1. The van der Waals surface area contributed by atoms with Crippen LogP contribution < -0.4 is 15.4 Å². The summed E-state index contributed by atoms with van der Waals surface area (Å²) in [6.45, 7) is 3.93. The van der Waals surface area contributed by atoms with E-state index in [9.17, 15) is 4.79 Å². The van der Waals surface area contributed by atoms with Crippen LogP contribution in [0.1, 0.15) is 41.5 Å². The highest BCUT2D eigenvalue weighted by molar-refractivity contribution is 6.30. The third-order valence-electron chi connectivity index (χ3n) is 4.79. The molecule has 3 rings (SSSR count). The Morgan fingerprint density at radius 1 is 1.17 bits per heavy atom. The Bertz CT molecular complexity index is 985. The van der Waals surface area contributed by atoms with Crippen LogP contribution in [0.25, 0.3) is 0 Å². The van der Waals surface area contributed by atoms with E-state index < -0.39 is 6.04 Å². The van der Waals surface area contributed by atoms with E-state index in [0.717, 1.165) is 28.3 Å². The first-order valence-electron chi connectivity index (χ1n) is 9.33. The van der Waals surface area contributed by atoms with Crippen molar-refractivity contribution in [1.82, 2.24) is 20.2 Å². The summed E-state index contributed by atoms with van der Waals surface area (Å²) in [6, 6.07) is 12.3. The molecule has 0 spiro atoms. The van der Waals surface area contributed by atoms with Crippen molar-refractivity contribution in [2.75, 3.05) is 7.11 Å². The lowest BCUT2D eigenvalue weighted by atomic mass is 10.0. The van der Waals surface area contributed by atoms with E-state index in [0.29, 0.717) is 5.02 Å². The van der Waals surface area contributed by atoms with Crippen molar-refractivity contribution in [2.45, 2.75) is 25.9 Å². The molecule has 0 aliphatic carbocycles. The molecule has 3 aromatic rings. The van der Waals surface area contributed by atoms with Gasteiger partial charge in [-0.15, -0.1) is 0 Å². The molecule has 0 radical (unpaired) electrons. The van der Waals surface area contributed by atoms with E-state index in [-0.39, 0.29) is 12.1 Å². The first-order chi connectivity index (χ1) is 13.9. The molecular formula is C22H25ClN4O2. The molecule has 2 aromatic carbocycles. The molecule has 2 atom stereocenters. The van der Waals surface area contributed by atoms with Crippen molar-refractivity contribution in [2.24, 2.45) is 7.05 Å². The van der Waals surface area contributed by atoms with E-state index in [1.54, 1.807) is 25.4 Å². The highest BCUT2D eigenvalue weighted by atomic mass is 35.5. The lowest BCUT2D eigenvalue weighted by molar-refractivity contribution is 0.235. The molecule has 2 amide bonds. The van der Waals surface area contributed by atoms with E-state index in [1.807, 2.05) is 62.0 Å². The van der Waals surface area contributed by atoms with Gasteiger partial charge in [0.25, 0.3) is 0 Å². The molecule has 7 heteroatoms. The Morgan fingerprint density at radius 2 is 1.90 bits per heavy atom. The van der Waals surface area contributed by atoms with E-state index >= 15 is 0 Å². The third-order valence-corrected chi connectivity index (χ3v) is 5.05. The second-order valence-corrected chi connectivity index (χ2v) is 7.40. The SMILES string of the molecule is COc1ccc(C)cc1[C@H](C)NC(=O)N[C@@H](c1ccc(Cl)cc1)c1nccn1C. The molecule has 1 heterocycles. The van der Waals surface area contributed by atoms with Gasteiger partial charge in [0.05, 0.1) is 13.2 Å². The Kier molecular flexibility index (Phi) is 6.44. The number of carbonyl (C=O) groups excluding carboxylic acids is 1. The lowest BCUT2D eigenvalue weighted by Crippen LogP contribution is -2.40. The predicted octanol–water partition coefficient (Wildman–Crippen LogP) is 4.54. The number of hydrogen-bond acceptors (Lipinski definition) is 3. The number of aromatic nitrogens is 2. The van der Waals surface area contributed by atoms with Crippen molar-refractivity contribution in [3.8, 4) is 5.75 Å². The predicted molar refractivity (Wildman–Crippen MR) is 114 cm³/mol. The van der Waals surface area contributed by atoms with Crippen molar-refractivity contribution in [1.29, 1.82) is 0 Å². The second kappa shape index (κ2) is 9.01. The molecule has 0 bridgehead atoms. The zero-order valence-corrected chi connectivity index (χ0v) is 17.7. The number of carbonyl (C=O) groups is 1. The lowest BCUT2D eigenvalue weighted by Gasteiger charge is -2.22. The van der Waals surface area contributed by atoms with Crippen molar-refractivity contribution in [3.63, 3.8) is 0 Å². The van der Waals surface area contributed by atoms with Gasteiger partial charge in [0.1, 0.15) is 17.6 Å². The minimum Gasteiger partial charge on any atom is -0.496 e. The van der Waals surface area contributed by atoms with Gasteiger partial charge in [-0.3, -0.25) is 0 Å². The first-order valence-corrected chi connectivity index (χ1v) is 9.71. The van der Waals surface area contributed by atoms with Crippen LogP contribution in [-0.2, 0) is 7.05 Å². The fourth-order valence-electron chi connectivity index (χ4n) is 3.25. The maximum Gasteiger partial charge on any atom is 0.316 e. The molecular weight excluding hydrogens is 388 g/mol. The molecule has 152 valence electrons. The van der Waals surface area contributed by atoms with Gasteiger partial charge in [0, 0.05) is 30.0 Å².